The van der Waals surface area contributed by atoms with Gasteiger partial charge >= 0.3 is 0 Å². The predicted molar refractivity (Wildman–Crippen MR) is 75.4 cm³/mol. The number of thiophene rings is 1. The maximum absolute atomic E-state index is 13.0. The molecule has 0 radical (unpaired) electrons. The van der Waals surface area contributed by atoms with Crippen molar-refractivity contribution < 1.29 is 22.3 Å². The molecule has 2 rings (SSSR count). The standard InChI is InChI=1S/C13H13F2NO3S2/c14-10-5-11(15)7-12(6-10)21(18,19)16-3-1-13(17)9-2-4-20-8-9/h2,4-8,13,16-17H,1,3H2. The fraction of sp³-hybridized carbons (Fsp3) is 0.231. The Labute approximate surface area is 125 Å². The van der Waals surface area contributed by atoms with Crippen molar-refractivity contribution in [1.29, 1.82) is 0 Å². The van der Waals surface area contributed by atoms with Crippen LogP contribution in [0.3, 0.4) is 0 Å². The first-order valence-electron chi connectivity index (χ1n) is 6.04. The average Bonchev–Trinajstić information content (AvgIpc) is 2.91. The summed E-state index contributed by atoms with van der Waals surface area (Å²) in [5, 5.41) is 13.4. The van der Waals surface area contributed by atoms with E-state index in [1.54, 1.807) is 16.8 Å². The van der Waals surface area contributed by atoms with Gasteiger partial charge in [0.2, 0.25) is 10.0 Å². The molecule has 8 heteroatoms. The zero-order chi connectivity index (χ0) is 15.5. The Hall–Kier alpha value is -1.35. The number of rotatable bonds is 6. The summed E-state index contributed by atoms with van der Waals surface area (Å²) in [6, 6.07) is 3.81. The highest BCUT2D eigenvalue weighted by Gasteiger charge is 2.17. The van der Waals surface area contributed by atoms with Crippen LogP contribution in [0.4, 0.5) is 8.78 Å². The molecule has 114 valence electrons. The van der Waals surface area contributed by atoms with Crippen molar-refractivity contribution in [3.63, 3.8) is 0 Å². The average molecular weight is 333 g/mol. The van der Waals surface area contributed by atoms with Gasteiger partial charge in [-0.05, 0) is 40.9 Å². The van der Waals surface area contributed by atoms with Crippen molar-refractivity contribution in [2.75, 3.05) is 6.54 Å². The summed E-state index contributed by atoms with van der Waals surface area (Å²) in [5.41, 5.74) is 0.705. The molecule has 1 unspecified atom stereocenters. The van der Waals surface area contributed by atoms with Crippen molar-refractivity contribution in [1.82, 2.24) is 4.72 Å². The molecule has 4 nitrogen and oxygen atoms in total. The van der Waals surface area contributed by atoms with Crippen LogP contribution in [-0.4, -0.2) is 20.1 Å². The van der Waals surface area contributed by atoms with Gasteiger partial charge in [-0.1, -0.05) is 0 Å². The van der Waals surface area contributed by atoms with E-state index in [-0.39, 0.29) is 13.0 Å². The van der Waals surface area contributed by atoms with Gasteiger partial charge in [0.1, 0.15) is 11.6 Å². The largest absolute Gasteiger partial charge is 0.388 e. The zero-order valence-corrected chi connectivity index (χ0v) is 12.4. The minimum Gasteiger partial charge on any atom is -0.388 e. The van der Waals surface area contributed by atoms with Crippen LogP contribution in [0.5, 0.6) is 0 Å². The Balaban J connectivity index is 1.98. The molecule has 0 saturated heterocycles. The highest BCUT2D eigenvalue weighted by molar-refractivity contribution is 7.89. The number of aliphatic hydroxyl groups is 1. The Bertz CT molecular complexity index is 682. The fourth-order valence-corrected chi connectivity index (χ4v) is 3.52. The van der Waals surface area contributed by atoms with Crippen molar-refractivity contribution >= 4 is 21.4 Å². The van der Waals surface area contributed by atoms with Crippen LogP contribution in [0.25, 0.3) is 0 Å². The molecule has 0 amide bonds. The Morgan fingerprint density at radius 2 is 1.90 bits per heavy atom. The van der Waals surface area contributed by atoms with Gasteiger partial charge in [0.25, 0.3) is 0 Å². The number of hydrogen-bond acceptors (Lipinski definition) is 4. The van der Waals surface area contributed by atoms with Crippen LogP contribution in [0, 0.1) is 11.6 Å². The Morgan fingerprint density at radius 3 is 2.48 bits per heavy atom. The molecule has 1 aromatic carbocycles. The van der Waals surface area contributed by atoms with E-state index in [4.69, 9.17) is 0 Å². The van der Waals surface area contributed by atoms with E-state index in [1.807, 2.05) is 0 Å². The lowest BCUT2D eigenvalue weighted by molar-refractivity contribution is 0.169. The molecule has 0 aliphatic rings. The third-order valence-corrected chi connectivity index (χ3v) is 4.93. The van der Waals surface area contributed by atoms with Gasteiger partial charge in [-0.2, -0.15) is 11.3 Å². The van der Waals surface area contributed by atoms with E-state index in [9.17, 15) is 22.3 Å². The van der Waals surface area contributed by atoms with E-state index in [1.165, 1.54) is 11.3 Å². The van der Waals surface area contributed by atoms with E-state index >= 15 is 0 Å². The quantitative estimate of drug-likeness (QED) is 0.853. The van der Waals surface area contributed by atoms with E-state index in [0.717, 1.165) is 12.1 Å². The number of sulfonamides is 1. The molecule has 21 heavy (non-hydrogen) atoms. The third-order valence-electron chi connectivity index (χ3n) is 2.78. The van der Waals surface area contributed by atoms with Gasteiger partial charge in [-0.3, -0.25) is 0 Å². The van der Waals surface area contributed by atoms with Crippen LogP contribution in [0.1, 0.15) is 18.1 Å². The normalized spacial score (nSPS) is 13.3. The number of benzene rings is 1. The summed E-state index contributed by atoms with van der Waals surface area (Å²) in [6.07, 6.45) is -0.628. The first kappa shape index (κ1) is 16.0. The second-order valence-corrected chi connectivity index (χ2v) is 6.91. The predicted octanol–water partition coefficient (Wildman–Crippen LogP) is 2.43. The highest BCUT2D eigenvalue weighted by atomic mass is 32.2. The second kappa shape index (κ2) is 6.61. The third kappa shape index (κ3) is 4.31. The number of halogens is 2. The monoisotopic (exact) mass is 333 g/mol. The van der Waals surface area contributed by atoms with E-state index in [2.05, 4.69) is 4.72 Å². The van der Waals surface area contributed by atoms with Gasteiger partial charge < -0.3 is 5.11 Å². The summed E-state index contributed by atoms with van der Waals surface area (Å²) >= 11 is 1.42. The highest BCUT2D eigenvalue weighted by Crippen LogP contribution is 2.19. The topological polar surface area (TPSA) is 66.4 Å². The van der Waals surface area contributed by atoms with Gasteiger partial charge in [-0.15, -0.1) is 0 Å². The molecular weight excluding hydrogens is 320 g/mol. The minimum atomic E-state index is -4.01. The summed E-state index contributed by atoms with van der Waals surface area (Å²) in [6.45, 7) is -0.0442. The van der Waals surface area contributed by atoms with E-state index in [0.29, 0.717) is 11.6 Å². The molecule has 1 heterocycles. The first-order valence-corrected chi connectivity index (χ1v) is 8.47. The molecule has 0 aliphatic carbocycles. The molecule has 0 bridgehead atoms. The van der Waals surface area contributed by atoms with Crippen molar-refractivity contribution in [3.05, 3.63) is 52.2 Å². The molecule has 2 N–H and O–H groups in total. The van der Waals surface area contributed by atoms with Crippen molar-refractivity contribution in [3.8, 4) is 0 Å². The van der Waals surface area contributed by atoms with Crippen LogP contribution in [0.15, 0.2) is 39.9 Å². The van der Waals surface area contributed by atoms with Gasteiger partial charge in [-0.25, -0.2) is 21.9 Å². The lowest BCUT2D eigenvalue weighted by Gasteiger charge is -2.10. The van der Waals surface area contributed by atoms with Gasteiger partial charge in [0, 0.05) is 12.6 Å². The lowest BCUT2D eigenvalue weighted by Crippen LogP contribution is -2.26. The molecule has 2 aromatic rings. The van der Waals surface area contributed by atoms with Crippen molar-refractivity contribution in [2.24, 2.45) is 0 Å². The number of hydrogen-bond donors (Lipinski definition) is 2. The minimum absolute atomic E-state index is 0.0442. The van der Waals surface area contributed by atoms with Crippen LogP contribution in [-0.2, 0) is 10.0 Å². The van der Waals surface area contributed by atoms with Gasteiger partial charge in [0.15, 0.2) is 0 Å². The molecule has 0 saturated carbocycles. The fourth-order valence-electron chi connectivity index (χ4n) is 1.73. The van der Waals surface area contributed by atoms with E-state index < -0.39 is 32.7 Å². The molecule has 1 aromatic heterocycles. The lowest BCUT2D eigenvalue weighted by atomic mass is 10.1. The zero-order valence-electron chi connectivity index (χ0n) is 10.8. The van der Waals surface area contributed by atoms with Crippen molar-refractivity contribution in [2.45, 2.75) is 17.4 Å². The Morgan fingerprint density at radius 1 is 1.24 bits per heavy atom. The molecule has 0 aliphatic heterocycles. The maximum Gasteiger partial charge on any atom is 0.240 e. The molecular formula is C13H13F2NO3S2. The first-order chi connectivity index (χ1) is 9.88. The smallest absolute Gasteiger partial charge is 0.240 e. The Kier molecular flexibility index (Phi) is 5.04. The summed E-state index contributed by atoms with van der Waals surface area (Å²) < 4.78 is 52.0. The summed E-state index contributed by atoms with van der Waals surface area (Å²) in [5.74, 6) is -1.93. The van der Waals surface area contributed by atoms with Crippen LogP contribution < -0.4 is 4.72 Å². The van der Waals surface area contributed by atoms with Gasteiger partial charge in [0.05, 0.1) is 11.0 Å². The molecule has 0 fully saturated rings. The number of aliphatic hydroxyl groups excluding tert-OH is 1. The second-order valence-electron chi connectivity index (χ2n) is 4.36. The summed E-state index contributed by atoms with van der Waals surface area (Å²) in [4.78, 5) is -0.481. The molecule has 0 spiro atoms. The van der Waals surface area contributed by atoms with Crippen LogP contribution in [0.2, 0.25) is 0 Å². The molecule has 1 atom stereocenters. The number of nitrogens with one attached hydrogen (secondary N) is 1. The van der Waals surface area contributed by atoms with Crippen LogP contribution >= 0.6 is 11.3 Å². The summed E-state index contributed by atoms with van der Waals surface area (Å²) in [7, 11) is -4.01. The maximum atomic E-state index is 13.0. The SMILES string of the molecule is O=S(=O)(NCCC(O)c1ccsc1)c1cc(F)cc(F)c1.